The second kappa shape index (κ2) is 8.97. The molecule has 4 aromatic rings. The first-order chi connectivity index (χ1) is 14.2. The van der Waals surface area contributed by atoms with Gasteiger partial charge in [0.25, 0.3) is 5.91 Å². The second-order valence-corrected chi connectivity index (χ2v) is 7.65. The lowest BCUT2D eigenvalue weighted by Crippen LogP contribution is -2.21. The molecule has 0 aliphatic heterocycles. The third-order valence-corrected chi connectivity index (χ3v) is 5.52. The topological polar surface area (TPSA) is 105 Å². The number of carboxylic acids is 1. The van der Waals surface area contributed by atoms with Gasteiger partial charge in [-0.05, 0) is 24.3 Å². The van der Waals surface area contributed by atoms with Crippen LogP contribution in [0.1, 0.15) is 9.67 Å². The summed E-state index contributed by atoms with van der Waals surface area (Å²) in [5, 5.41) is 10.6. The number of fused-ring (bicyclic) bond motifs is 1. The van der Waals surface area contributed by atoms with E-state index in [1.165, 1.54) is 29.0 Å². The minimum atomic E-state index is -5.08. The Hall–Kier alpha value is -3.38. The first-order valence-corrected chi connectivity index (χ1v) is 9.69. The summed E-state index contributed by atoms with van der Waals surface area (Å²) in [6.07, 6.45) is -0.139. The van der Waals surface area contributed by atoms with E-state index in [9.17, 15) is 18.0 Å². The van der Waals surface area contributed by atoms with Gasteiger partial charge < -0.3 is 5.11 Å². The van der Waals surface area contributed by atoms with Crippen molar-refractivity contribution in [1.82, 2.24) is 15.0 Å². The number of para-hydroxylation sites is 1. The number of aliphatic carboxylic acids is 1. The molecule has 0 aliphatic rings. The van der Waals surface area contributed by atoms with Gasteiger partial charge in [-0.15, -0.1) is 11.3 Å². The number of anilines is 1. The number of amides is 1. The summed E-state index contributed by atoms with van der Waals surface area (Å²) < 4.78 is 32.8. The van der Waals surface area contributed by atoms with Crippen molar-refractivity contribution in [3.05, 3.63) is 60.0 Å². The number of carbonyl (C=O) groups is 2. The predicted molar refractivity (Wildman–Crippen MR) is 107 cm³/mol. The average molecular weight is 452 g/mol. The lowest BCUT2D eigenvalue weighted by atomic mass is 10.3. The maximum absolute atomic E-state index is 12.4. The van der Waals surface area contributed by atoms with Gasteiger partial charge in [0, 0.05) is 22.8 Å². The number of nitrogens with one attached hydrogen (secondary N) is 1. The molecule has 1 aromatic carbocycles. The summed E-state index contributed by atoms with van der Waals surface area (Å²) in [5.41, 5.74) is 1.79. The highest BCUT2D eigenvalue weighted by Gasteiger charge is 2.38. The number of hydrogen-bond acceptors (Lipinski definition) is 7. The van der Waals surface area contributed by atoms with Crippen LogP contribution >= 0.6 is 22.7 Å². The summed E-state index contributed by atoms with van der Waals surface area (Å²) in [7, 11) is 0. The van der Waals surface area contributed by atoms with Crippen molar-refractivity contribution >= 4 is 49.9 Å². The molecule has 4 rings (SSSR count). The third-order valence-electron chi connectivity index (χ3n) is 3.43. The molecule has 0 atom stereocenters. The Balaban J connectivity index is 0.000000318. The summed E-state index contributed by atoms with van der Waals surface area (Å²) >= 11 is 2.87. The lowest BCUT2D eigenvalue weighted by molar-refractivity contribution is -0.192. The molecule has 0 aliphatic carbocycles. The van der Waals surface area contributed by atoms with Crippen LogP contribution in [0.2, 0.25) is 0 Å². The molecule has 0 unspecified atom stereocenters. The van der Waals surface area contributed by atoms with Gasteiger partial charge >= 0.3 is 12.1 Å². The van der Waals surface area contributed by atoms with Gasteiger partial charge in [0.1, 0.15) is 6.33 Å². The molecule has 12 heteroatoms. The summed E-state index contributed by atoms with van der Waals surface area (Å²) in [6, 6.07) is 11.5. The molecule has 30 heavy (non-hydrogen) atoms. The first-order valence-electron chi connectivity index (χ1n) is 8.06. The average Bonchev–Trinajstić information content (AvgIpc) is 3.35. The van der Waals surface area contributed by atoms with Crippen molar-refractivity contribution in [3.8, 4) is 10.4 Å². The zero-order valence-corrected chi connectivity index (χ0v) is 16.4. The van der Waals surface area contributed by atoms with Gasteiger partial charge in [-0.1, -0.05) is 23.5 Å². The van der Waals surface area contributed by atoms with Gasteiger partial charge in [-0.3, -0.25) is 10.1 Å². The third kappa shape index (κ3) is 5.36. The Morgan fingerprint density at radius 3 is 2.30 bits per heavy atom. The molecular weight excluding hydrogens is 441 g/mol. The van der Waals surface area contributed by atoms with Crippen LogP contribution in [0.4, 0.5) is 18.3 Å². The zero-order valence-electron chi connectivity index (χ0n) is 14.8. The minimum Gasteiger partial charge on any atom is -0.475 e. The van der Waals surface area contributed by atoms with Gasteiger partial charge in [0.05, 0.1) is 15.1 Å². The maximum Gasteiger partial charge on any atom is 0.490 e. The number of aromatic nitrogens is 3. The van der Waals surface area contributed by atoms with E-state index in [2.05, 4.69) is 20.3 Å². The highest BCUT2D eigenvalue weighted by atomic mass is 32.1. The molecule has 0 saturated carbocycles. The smallest absolute Gasteiger partial charge is 0.475 e. The minimum absolute atomic E-state index is 0.155. The summed E-state index contributed by atoms with van der Waals surface area (Å²) in [5.74, 6) is -2.91. The van der Waals surface area contributed by atoms with Crippen LogP contribution in [0.15, 0.2) is 55.1 Å². The molecule has 0 spiro atoms. The van der Waals surface area contributed by atoms with E-state index in [1.54, 1.807) is 18.5 Å². The standard InChI is InChI=1S/C16H10N4OS2.C2HF3O2/c21-15(20-16-19-11-3-1-2-4-13(11)23-16)14-6-5-12(22-14)10-7-17-9-18-8-10;3-2(4,5)1(6)7/h1-9H,(H,19,20,21);(H,6,7). The molecule has 1 amide bonds. The van der Waals surface area contributed by atoms with E-state index in [-0.39, 0.29) is 5.91 Å². The van der Waals surface area contributed by atoms with Crippen LogP contribution in [0.25, 0.3) is 20.7 Å². The number of nitrogens with zero attached hydrogens (tertiary/aromatic N) is 3. The van der Waals surface area contributed by atoms with Crippen molar-refractivity contribution < 1.29 is 27.9 Å². The van der Waals surface area contributed by atoms with Crippen LogP contribution in [0.3, 0.4) is 0 Å². The van der Waals surface area contributed by atoms with Gasteiger partial charge in [0.15, 0.2) is 5.13 Å². The molecule has 0 bridgehead atoms. The first kappa shape index (κ1) is 21.3. The fourth-order valence-corrected chi connectivity index (χ4v) is 3.86. The number of thiophene rings is 1. The second-order valence-electron chi connectivity index (χ2n) is 5.53. The number of carbonyl (C=O) groups excluding carboxylic acids is 1. The van der Waals surface area contributed by atoms with Gasteiger partial charge in [0.2, 0.25) is 0 Å². The number of rotatable bonds is 3. The van der Waals surface area contributed by atoms with E-state index >= 15 is 0 Å². The molecule has 2 N–H and O–H groups in total. The van der Waals surface area contributed by atoms with Gasteiger partial charge in [-0.2, -0.15) is 13.2 Å². The number of thiazole rings is 1. The molecule has 7 nitrogen and oxygen atoms in total. The van der Waals surface area contributed by atoms with E-state index in [1.807, 2.05) is 30.3 Å². The molecule has 154 valence electrons. The van der Waals surface area contributed by atoms with Crippen molar-refractivity contribution in [2.75, 3.05) is 5.32 Å². The van der Waals surface area contributed by atoms with Crippen molar-refractivity contribution in [3.63, 3.8) is 0 Å². The Morgan fingerprint density at radius 1 is 1.00 bits per heavy atom. The van der Waals surface area contributed by atoms with Crippen LogP contribution in [0.5, 0.6) is 0 Å². The number of carboxylic acid groups (broad SMARTS) is 1. The molecule has 3 heterocycles. The quantitative estimate of drug-likeness (QED) is 0.467. The molecule has 0 fully saturated rings. The highest BCUT2D eigenvalue weighted by Crippen LogP contribution is 2.29. The fourth-order valence-electron chi connectivity index (χ4n) is 2.13. The normalized spacial score (nSPS) is 10.9. The number of halogens is 3. The molecule has 0 radical (unpaired) electrons. The van der Waals surface area contributed by atoms with Crippen molar-refractivity contribution in [1.29, 1.82) is 0 Å². The van der Waals surface area contributed by atoms with E-state index in [4.69, 9.17) is 9.90 Å². The van der Waals surface area contributed by atoms with E-state index in [0.29, 0.717) is 10.0 Å². The van der Waals surface area contributed by atoms with Crippen molar-refractivity contribution in [2.45, 2.75) is 6.18 Å². The van der Waals surface area contributed by atoms with Gasteiger partial charge in [-0.25, -0.2) is 19.7 Å². The maximum atomic E-state index is 12.4. The number of benzene rings is 1. The fraction of sp³-hybridized carbons (Fsp3) is 0.0556. The summed E-state index contributed by atoms with van der Waals surface area (Å²) in [6.45, 7) is 0. The predicted octanol–water partition coefficient (Wildman–Crippen LogP) is 4.70. The zero-order chi connectivity index (χ0) is 21.7. The molecule has 3 aromatic heterocycles. The van der Waals surface area contributed by atoms with E-state index in [0.717, 1.165) is 20.7 Å². The molecular formula is C18H11F3N4O3S2. The number of hydrogen-bond donors (Lipinski definition) is 2. The largest absolute Gasteiger partial charge is 0.490 e. The van der Waals surface area contributed by atoms with Crippen LogP contribution in [-0.2, 0) is 4.79 Å². The Kier molecular flexibility index (Phi) is 6.37. The SMILES string of the molecule is O=C(Nc1nc2ccccc2s1)c1ccc(-c2cncnc2)s1.O=C(O)C(F)(F)F. The van der Waals surface area contributed by atoms with Crippen LogP contribution in [0, 0.1) is 0 Å². The van der Waals surface area contributed by atoms with Crippen molar-refractivity contribution in [2.24, 2.45) is 0 Å². The monoisotopic (exact) mass is 452 g/mol. The Bertz CT molecular complexity index is 1140. The lowest BCUT2D eigenvalue weighted by Gasteiger charge is -1.97. The van der Waals surface area contributed by atoms with Crippen LogP contribution in [-0.4, -0.2) is 38.1 Å². The Morgan fingerprint density at radius 2 is 1.67 bits per heavy atom. The Labute approximate surface area is 174 Å². The van der Waals surface area contributed by atoms with Crippen LogP contribution < -0.4 is 5.32 Å². The van der Waals surface area contributed by atoms with E-state index < -0.39 is 12.1 Å². The number of alkyl halides is 3. The summed E-state index contributed by atoms with van der Waals surface area (Å²) in [4.78, 5) is 35.3. The molecule has 0 saturated heterocycles. The highest BCUT2D eigenvalue weighted by molar-refractivity contribution is 7.22.